The quantitative estimate of drug-likeness (QED) is 0.781. The van der Waals surface area contributed by atoms with Crippen LogP contribution in [0.2, 0.25) is 0 Å². The minimum Gasteiger partial charge on any atom is -0.467 e. The minimum atomic E-state index is -0.523. The standard InChI is InChI=1S/C18H21N3O5/c1-24-18(23)15-9-13(21-4-6-25-7-5-21)2-3-16(15)20-17(22)12-8-14(10-19)26-11-12/h2-3,8-9,11H,4-7,10,19H2,1H3,(H,20,22). The number of esters is 1. The second kappa shape index (κ2) is 8.03. The van der Waals surface area contributed by atoms with E-state index in [0.717, 1.165) is 18.8 Å². The molecule has 0 bridgehead atoms. The summed E-state index contributed by atoms with van der Waals surface area (Å²) in [6.45, 7) is 2.95. The molecule has 3 rings (SSSR count). The number of nitrogens with one attached hydrogen (secondary N) is 1. The molecule has 0 spiro atoms. The maximum absolute atomic E-state index is 12.4. The lowest BCUT2D eigenvalue weighted by molar-refractivity contribution is 0.0602. The molecule has 0 unspecified atom stereocenters. The third kappa shape index (κ3) is 3.87. The number of nitrogens with two attached hydrogens (primary N) is 1. The van der Waals surface area contributed by atoms with Crippen molar-refractivity contribution in [3.63, 3.8) is 0 Å². The highest BCUT2D eigenvalue weighted by atomic mass is 16.5. The predicted molar refractivity (Wildman–Crippen MR) is 95.4 cm³/mol. The molecule has 1 saturated heterocycles. The number of hydrogen-bond donors (Lipinski definition) is 2. The van der Waals surface area contributed by atoms with Crippen molar-refractivity contribution in [3.8, 4) is 0 Å². The maximum atomic E-state index is 12.4. The van der Waals surface area contributed by atoms with E-state index >= 15 is 0 Å². The van der Waals surface area contributed by atoms with Crippen LogP contribution in [0.4, 0.5) is 11.4 Å². The number of methoxy groups -OCH3 is 1. The zero-order chi connectivity index (χ0) is 18.5. The number of amides is 1. The number of ether oxygens (including phenoxy) is 2. The first kappa shape index (κ1) is 18.0. The van der Waals surface area contributed by atoms with Crippen molar-refractivity contribution < 1.29 is 23.5 Å². The van der Waals surface area contributed by atoms with Gasteiger partial charge >= 0.3 is 5.97 Å². The summed E-state index contributed by atoms with van der Waals surface area (Å²) in [6.07, 6.45) is 1.33. The van der Waals surface area contributed by atoms with Crippen LogP contribution in [-0.4, -0.2) is 45.3 Å². The van der Waals surface area contributed by atoms with Crippen molar-refractivity contribution in [3.05, 3.63) is 47.4 Å². The van der Waals surface area contributed by atoms with Crippen LogP contribution in [0.25, 0.3) is 0 Å². The average molecular weight is 359 g/mol. The van der Waals surface area contributed by atoms with Gasteiger partial charge in [-0.25, -0.2) is 4.79 Å². The molecule has 2 heterocycles. The Balaban J connectivity index is 1.85. The van der Waals surface area contributed by atoms with Gasteiger partial charge in [-0.3, -0.25) is 4.79 Å². The molecule has 1 aliphatic heterocycles. The average Bonchev–Trinajstić information content (AvgIpc) is 3.18. The fraction of sp³-hybridized carbons (Fsp3) is 0.333. The number of benzene rings is 1. The lowest BCUT2D eigenvalue weighted by Crippen LogP contribution is -2.36. The highest BCUT2D eigenvalue weighted by Gasteiger charge is 2.19. The fourth-order valence-electron chi connectivity index (χ4n) is 2.74. The number of rotatable bonds is 5. The van der Waals surface area contributed by atoms with Crippen molar-refractivity contribution in [2.24, 2.45) is 5.73 Å². The summed E-state index contributed by atoms with van der Waals surface area (Å²) in [5, 5.41) is 2.73. The molecule has 2 aromatic rings. The van der Waals surface area contributed by atoms with Gasteiger partial charge in [0.15, 0.2) is 0 Å². The van der Waals surface area contributed by atoms with Gasteiger partial charge < -0.3 is 29.8 Å². The van der Waals surface area contributed by atoms with Crippen LogP contribution in [0.1, 0.15) is 26.5 Å². The predicted octanol–water partition coefficient (Wildman–Crippen LogP) is 1.61. The van der Waals surface area contributed by atoms with E-state index in [1.54, 1.807) is 18.2 Å². The van der Waals surface area contributed by atoms with Crippen LogP contribution in [0.3, 0.4) is 0 Å². The molecule has 0 radical (unpaired) electrons. The highest BCUT2D eigenvalue weighted by Crippen LogP contribution is 2.25. The third-order valence-electron chi connectivity index (χ3n) is 4.15. The van der Waals surface area contributed by atoms with Gasteiger partial charge in [-0.1, -0.05) is 0 Å². The molecule has 0 saturated carbocycles. The van der Waals surface area contributed by atoms with Crippen LogP contribution in [0, 0.1) is 0 Å². The highest BCUT2D eigenvalue weighted by molar-refractivity contribution is 6.08. The normalized spacial score (nSPS) is 14.2. The Kier molecular flexibility index (Phi) is 5.55. The van der Waals surface area contributed by atoms with Crippen LogP contribution < -0.4 is 16.0 Å². The Morgan fingerprint density at radius 2 is 2.04 bits per heavy atom. The van der Waals surface area contributed by atoms with Crippen LogP contribution in [0.5, 0.6) is 0 Å². The first-order valence-electron chi connectivity index (χ1n) is 8.26. The Morgan fingerprint density at radius 1 is 1.27 bits per heavy atom. The molecule has 1 aromatic carbocycles. The molecule has 1 aromatic heterocycles. The first-order chi connectivity index (χ1) is 12.6. The number of anilines is 2. The minimum absolute atomic E-state index is 0.203. The van der Waals surface area contributed by atoms with E-state index in [1.807, 2.05) is 6.07 Å². The second-order valence-corrected chi connectivity index (χ2v) is 5.78. The van der Waals surface area contributed by atoms with Gasteiger partial charge in [0.2, 0.25) is 0 Å². The zero-order valence-corrected chi connectivity index (χ0v) is 14.5. The molecule has 26 heavy (non-hydrogen) atoms. The SMILES string of the molecule is COC(=O)c1cc(N2CCOCC2)ccc1NC(=O)c1coc(CN)c1. The molecule has 3 N–H and O–H groups in total. The molecular weight excluding hydrogens is 338 g/mol. The van der Waals surface area contributed by atoms with Gasteiger partial charge in [0.25, 0.3) is 5.91 Å². The molecule has 0 aliphatic carbocycles. The van der Waals surface area contributed by atoms with E-state index in [9.17, 15) is 9.59 Å². The van der Waals surface area contributed by atoms with Gasteiger partial charge in [0.05, 0.1) is 43.7 Å². The van der Waals surface area contributed by atoms with Crippen molar-refractivity contribution in [2.75, 3.05) is 43.6 Å². The molecule has 1 aliphatic rings. The van der Waals surface area contributed by atoms with Crippen molar-refractivity contribution in [1.82, 2.24) is 0 Å². The number of hydrogen-bond acceptors (Lipinski definition) is 7. The molecule has 1 amide bonds. The Morgan fingerprint density at radius 3 is 2.69 bits per heavy atom. The fourth-order valence-corrected chi connectivity index (χ4v) is 2.74. The van der Waals surface area contributed by atoms with E-state index in [-0.39, 0.29) is 12.1 Å². The molecule has 8 nitrogen and oxygen atoms in total. The summed E-state index contributed by atoms with van der Waals surface area (Å²) in [7, 11) is 1.30. The van der Waals surface area contributed by atoms with Crippen molar-refractivity contribution in [1.29, 1.82) is 0 Å². The Bertz CT molecular complexity index is 796. The number of nitrogens with zero attached hydrogens (tertiary/aromatic N) is 1. The van der Waals surface area contributed by atoms with E-state index in [4.69, 9.17) is 19.6 Å². The van der Waals surface area contributed by atoms with Crippen molar-refractivity contribution in [2.45, 2.75) is 6.54 Å². The van der Waals surface area contributed by atoms with Crippen LogP contribution in [-0.2, 0) is 16.0 Å². The largest absolute Gasteiger partial charge is 0.467 e. The van der Waals surface area contributed by atoms with Crippen molar-refractivity contribution >= 4 is 23.3 Å². The molecule has 138 valence electrons. The second-order valence-electron chi connectivity index (χ2n) is 5.78. The van der Waals surface area contributed by atoms with E-state index in [2.05, 4.69) is 10.2 Å². The maximum Gasteiger partial charge on any atom is 0.340 e. The van der Waals surface area contributed by atoms with Gasteiger partial charge in [-0.2, -0.15) is 0 Å². The van der Waals surface area contributed by atoms with Crippen LogP contribution in [0.15, 0.2) is 34.9 Å². The van der Waals surface area contributed by atoms with Crippen LogP contribution >= 0.6 is 0 Å². The molecule has 0 atom stereocenters. The van der Waals surface area contributed by atoms with Gasteiger partial charge in [0, 0.05) is 18.8 Å². The molecule has 8 heteroatoms. The van der Waals surface area contributed by atoms with E-state index in [1.165, 1.54) is 13.4 Å². The summed E-state index contributed by atoms with van der Waals surface area (Å²) >= 11 is 0. The Labute approximate surface area is 150 Å². The number of carbonyl (C=O) groups excluding carboxylic acids is 2. The Hall–Kier alpha value is -2.84. The van der Waals surface area contributed by atoms with E-state index in [0.29, 0.717) is 30.2 Å². The van der Waals surface area contributed by atoms with Gasteiger partial charge in [0.1, 0.15) is 12.0 Å². The topological polar surface area (TPSA) is 107 Å². The summed E-state index contributed by atoms with van der Waals surface area (Å²) in [6, 6.07) is 6.83. The van der Waals surface area contributed by atoms with Gasteiger partial charge in [-0.15, -0.1) is 0 Å². The summed E-state index contributed by atoms with van der Waals surface area (Å²) < 4.78 is 15.4. The van der Waals surface area contributed by atoms with E-state index < -0.39 is 11.9 Å². The number of carbonyl (C=O) groups is 2. The molecule has 1 fully saturated rings. The number of furan rings is 1. The lowest BCUT2D eigenvalue weighted by atomic mass is 10.1. The smallest absolute Gasteiger partial charge is 0.340 e. The third-order valence-corrected chi connectivity index (χ3v) is 4.15. The summed E-state index contributed by atoms with van der Waals surface area (Å²) in [5.41, 5.74) is 7.35. The zero-order valence-electron chi connectivity index (χ0n) is 14.5. The van der Waals surface area contributed by atoms with Gasteiger partial charge in [-0.05, 0) is 24.3 Å². The monoisotopic (exact) mass is 359 g/mol. The summed E-state index contributed by atoms with van der Waals surface area (Å²) in [4.78, 5) is 26.7. The lowest BCUT2D eigenvalue weighted by Gasteiger charge is -2.29. The first-order valence-corrected chi connectivity index (χ1v) is 8.26. The summed E-state index contributed by atoms with van der Waals surface area (Å²) in [5.74, 6) is -0.408. The molecular formula is C18H21N3O5. The number of morpholine rings is 1.